The van der Waals surface area contributed by atoms with E-state index in [1.54, 1.807) is 13.1 Å². The lowest BCUT2D eigenvalue weighted by molar-refractivity contribution is 0.00780. The van der Waals surface area contributed by atoms with Crippen LogP contribution in [0.4, 0.5) is 0 Å². The van der Waals surface area contributed by atoms with Gasteiger partial charge in [0.05, 0.1) is 6.10 Å². The van der Waals surface area contributed by atoms with Crippen LogP contribution in [0, 0.1) is 6.92 Å². The maximum absolute atomic E-state index is 11.5. The summed E-state index contributed by atoms with van der Waals surface area (Å²) in [7, 11) is 1.33. The van der Waals surface area contributed by atoms with Crippen molar-refractivity contribution in [3.8, 4) is 0 Å². The van der Waals surface area contributed by atoms with Crippen molar-refractivity contribution in [3.05, 3.63) is 32.6 Å². The van der Waals surface area contributed by atoms with E-state index in [1.165, 1.54) is 11.7 Å². The molecule has 0 aromatic carbocycles. The van der Waals surface area contributed by atoms with Gasteiger partial charge in [0.1, 0.15) is 6.23 Å². The smallest absolute Gasteiger partial charge is 0.330 e. The zero-order chi connectivity index (χ0) is 16.2. The second-order valence-corrected chi connectivity index (χ2v) is 9.90. The predicted octanol–water partition coefficient (Wildman–Crippen LogP) is 1.32. The van der Waals surface area contributed by atoms with Crippen molar-refractivity contribution in [2.24, 2.45) is 0 Å². The summed E-state index contributed by atoms with van der Waals surface area (Å²) >= 11 is 7.81. The van der Waals surface area contributed by atoms with Crippen molar-refractivity contribution >= 4 is 29.7 Å². The number of hydrogen-bond acceptors (Lipinski definition) is 5. The van der Waals surface area contributed by atoms with E-state index in [1.807, 2.05) is 6.92 Å². The number of ether oxygens (including phenoxy) is 1. The van der Waals surface area contributed by atoms with E-state index < -0.39 is 11.4 Å². The van der Waals surface area contributed by atoms with Crippen molar-refractivity contribution in [2.75, 3.05) is 7.11 Å². The molecule has 0 amide bonds. The first-order valence-corrected chi connectivity index (χ1v) is 10.1. The number of aryl methyl sites for hydroxylation is 1. The van der Waals surface area contributed by atoms with Crippen LogP contribution in [0.15, 0.2) is 15.8 Å². The lowest BCUT2D eigenvalue weighted by atomic mass is 10.2. The molecule has 2 N–H and O–H groups in total. The highest BCUT2D eigenvalue weighted by Crippen LogP contribution is 2.45. The van der Waals surface area contributed by atoms with Crippen molar-refractivity contribution < 1.29 is 14.2 Å². The normalized spacial score (nSPS) is 24.0. The predicted molar refractivity (Wildman–Crippen MR) is 87.4 cm³/mol. The minimum absolute atomic E-state index is 0.175. The van der Waals surface area contributed by atoms with Gasteiger partial charge < -0.3 is 14.2 Å². The first-order chi connectivity index (χ1) is 9.64. The first-order valence-electron chi connectivity index (χ1n) is 6.23. The van der Waals surface area contributed by atoms with Crippen molar-refractivity contribution in [1.82, 2.24) is 9.55 Å². The lowest BCUT2D eigenvalue weighted by Crippen LogP contribution is -2.33. The Kier molecular flexibility index (Phi) is 6.83. The number of aromatic amines is 1. The van der Waals surface area contributed by atoms with Crippen LogP contribution in [-0.2, 0) is 21.1 Å². The Morgan fingerprint density at radius 1 is 1.57 bits per heavy atom. The van der Waals surface area contributed by atoms with Crippen LogP contribution in [0.1, 0.15) is 31.6 Å². The third-order valence-corrected chi connectivity index (χ3v) is 4.32. The highest BCUT2D eigenvalue weighted by atomic mass is 32.9. The van der Waals surface area contributed by atoms with Crippen LogP contribution in [0.3, 0.4) is 0 Å². The monoisotopic (exact) mass is 354 g/mol. The summed E-state index contributed by atoms with van der Waals surface area (Å²) in [4.78, 5) is 33.3. The average Bonchev–Trinajstić information content (AvgIpc) is 2.80. The molecule has 1 unspecified atom stereocenters. The topological polar surface area (TPSA) is 93.6 Å². The molecule has 120 valence electrons. The first kappa shape index (κ1) is 18.6. The van der Waals surface area contributed by atoms with E-state index in [0.29, 0.717) is 5.56 Å². The fourth-order valence-electron chi connectivity index (χ4n) is 1.79. The molecule has 3 atom stereocenters. The maximum Gasteiger partial charge on any atom is 0.330 e. The molecule has 0 spiro atoms. The summed E-state index contributed by atoms with van der Waals surface area (Å²) in [5.41, 5.74) is -2.82. The van der Waals surface area contributed by atoms with Crippen LogP contribution in [0.2, 0.25) is 0 Å². The van der Waals surface area contributed by atoms with Gasteiger partial charge in [0, 0.05) is 18.9 Å². The third kappa shape index (κ3) is 6.06. The Bertz CT molecular complexity index is 638. The summed E-state index contributed by atoms with van der Waals surface area (Å²) in [5.74, 6) is 0. The van der Waals surface area contributed by atoms with E-state index in [9.17, 15) is 9.59 Å². The fraction of sp³-hybridized carbons (Fsp3) is 0.636. The summed E-state index contributed by atoms with van der Waals surface area (Å²) in [6.07, 6.45) is 3.25. The number of aromatic nitrogens is 2. The quantitative estimate of drug-likeness (QED) is 0.548. The van der Waals surface area contributed by atoms with E-state index >= 15 is 0 Å². The third-order valence-electron chi connectivity index (χ3n) is 2.90. The fourth-order valence-corrected chi connectivity index (χ4v) is 1.79. The highest BCUT2D eigenvalue weighted by molar-refractivity contribution is 8.59. The number of nitrogens with zero attached hydrogens (tertiary/aromatic N) is 1. The largest absolute Gasteiger partial charge is 0.355 e. The average molecular weight is 354 g/mol. The minimum atomic E-state index is -2.62. The van der Waals surface area contributed by atoms with Crippen LogP contribution in [-0.4, -0.2) is 27.7 Å². The molecule has 2 rings (SSSR count). The highest BCUT2D eigenvalue weighted by Gasteiger charge is 2.24. The maximum atomic E-state index is 11.5. The number of H-pyrrole nitrogens is 1. The molecular formula is C11H19N2O5PS2. The second-order valence-electron chi connectivity index (χ2n) is 4.63. The van der Waals surface area contributed by atoms with Gasteiger partial charge in [0.2, 0.25) is 5.69 Å². The van der Waals surface area contributed by atoms with Crippen molar-refractivity contribution in [2.45, 2.75) is 39.0 Å². The Hall–Kier alpha value is -0.440. The summed E-state index contributed by atoms with van der Waals surface area (Å²) in [5, 5.41) is 0. The molecule has 1 aliphatic rings. The number of rotatable bonds is 2. The van der Waals surface area contributed by atoms with Gasteiger partial charge in [-0.3, -0.25) is 14.3 Å². The van der Waals surface area contributed by atoms with Crippen LogP contribution < -0.4 is 11.2 Å². The number of thiol groups is 1. The molecule has 7 nitrogen and oxygen atoms in total. The van der Waals surface area contributed by atoms with E-state index in [4.69, 9.17) is 9.63 Å². The van der Waals surface area contributed by atoms with Gasteiger partial charge in [-0.1, -0.05) is 12.2 Å². The molecule has 2 heterocycles. The van der Waals surface area contributed by atoms with Crippen molar-refractivity contribution in [1.29, 1.82) is 0 Å². The van der Waals surface area contributed by atoms with Crippen molar-refractivity contribution in [3.63, 3.8) is 0 Å². The molecule has 1 aromatic heterocycles. The van der Waals surface area contributed by atoms with E-state index in [0.717, 1.165) is 12.8 Å². The molecule has 1 aromatic rings. The van der Waals surface area contributed by atoms with Crippen LogP contribution >= 0.6 is 17.9 Å². The van der Waals surface area contributed by atoms with Gasteiger partial charge in [-0.05, 0) is 38.5 Å². The van der Waals surface area contributed by atoms with E-state index in [-0.39, 0.29) is 17.9 Å². The lowest BCUT2D eigenvalue weighted by Gasteiger charge is -2.14. The summed E-state index contributed by atoms with van der Waals surface area (Å²) in [6.45, 7) is 3.65. The number of nitrogens with one attached hydrogen (secondary N) is 1. The Morgan fingerprint density at radius 2 is 2.14 bits per heavy atom. The van der Waals surface area contributed by atoms with Gasteiger partial charge in [0.15, 0.2) is 0 Å². The molecule has 10 heteroatoms. The Labute approximate surface area is 132 Å². The molecule has 0 aliphatic carbocycles. The minimum Gasteiger partial charge on any atom is -0.355 e. The zero-order valence-electron chi connectivity index (χ0n) is 12.0. The van der Waals surface area contributed by atoms with Gasteiger partial charge in [-0.2, -0.15) is 0 Å². The standard InChI is InChI=1S/C10H14N2O3.CH5O2PS2/c1-6-5-12(10(14)11-9(6)13)8-4-3-7(2)15-8;1-3-4(2,5)6/h5,7-8H,3-4H2,1-2H3,(H,11,13,14);1H3,(H2,2,5,6)/t7-,8-;/m1./s1. The molecule has 0 radical (unpaired) electrons. The molecule has 21 heavy (non-hydrogen) atoms. The van der Waals surface area contributed by atoms with Crippen LogP contribution in [0.25, 0.3) is 0 Å². The van der Waals surface area contributed by atoms with Gasteiger partial charge in [-0.15, -0.1) is 0 Å². The molecule has 1 aliphatic heterocycles. The second kappa shape index (κ2) is 7.71. The SMILES string of the molecule is COP(O)(=S)S.Cc1cn([C@H]2CC[C@@H](C)O2)c(=O)[nH]c1=O. The van der Waals surface area contributed by atoms with E-state index in [2.05, 4.69) is 33.6 Å². The summed E-state index contributed by atoms with van der Waals surface area (Å²) in [6, 6.07) is 0. The Morgan fingerprint density at radius 3 is 2.57 bits per heavy atom. The van der Waals surface area contributed by atoms with Crippen LogP contribution in [0.5, 0.6) is 0 Å². The van der Waals surface area contributed by atoms with Gasteiger partial charge >= 0.3 is 5.69 Å². The van der Waals surface area contributed by atoms with Gasteiger partial charge in [-0.25, -0.2) is 4.79 Å². The summed E-state index contributed by atoms with van der Waals surface area (Å²) < 4.78 is 11.3. The molecule has 0 saturated carbocycles. The molecule has 1 fully saturated rings. The zero-order valence-corrected chi connectivity index (χ0v) is 14.6. The number of hydrogen-bond donors (Lipinski definition) is 3. The Balaban J connectivity index is 0.000000315. The molecular weight excluding hydrogens is 335 g/mol. The van der Waals surface area contributed by atoms with Gasteiger partial charge in [0.25, 0.3) is 5.56 Å². The molecule has 0 bridgehead atoms. The molecule has 1 saturated heterocycles.